The molecule has 15 nitrogen and oxygen atoms in total. The van der Waals surface area contributed by atoms with Gasteiger partial charge in [0.05, 0.1) is 23.9 Å². The predicted octanol–water partition coefficient (Wildman–Crippen LogP) is -0.749. The molecule has 3 aromatic rings. The second kappa shape index (κ2) is 13.4. The van der Waals surface area contributed by atoms with Crippen LogP contribution in [0, 0.1) is 6.92 Å². The number of benzene rings is 1. The molecule has 4 rings (SSSR count). The number of aliphatic hydroxyl groups excluding tert-OH is 4. The number of H-pyrrole nitrogens is 1. The van der Waals surface area contributed by atoms with Crippen LogP contribution in [0.3, 0.4) is 0 Å². The van der Waals surface area contributed by atoms with E-state index in [9.17, 15) is 45.0 Å². The zero-order valence-corrected chi connectivity index (χ0v) is 23.4. The van der Waals surface area contributed by atoms with Gasteiger partial charge in [-0.25, -0.2) is 9.78 Å². The molecule has 0 aliphatic carbocycles. The first-order valence-corrected chi connectivity index (χ1v) is 13.5. The smallest absolute Gasteiger partial charge is 0.326 e. The van der Waals surface area contributed by atoms with Crippen LogP contribution >= 0.6 is 0 Å². The Morgan fingerprint density at radius 1 is 1.19 bits per heavy atom. The number of nitrogens with zero attached hydrogens (tertiary/aromatic N) is 2. The van der Waals surface area contributed by atoms with Gasteiger partial charge in [0.25, 0.3) is 0 Å². The van der Waals surface area contributed by atoms with Gasteiger partial charge in [0.15, 0.2) is 5.43 Å². The molecule has 15 heteroatoms. The molecule has 1 aliphatic heterocycles. The van der Waals surface area contributed by atoms with Crippen LogP contribution in [-0.2, 0) is 27.2 Å². The summed E-state index contributed by atoms with van der Waals surface area (Å²) in [5.41, 5.74) is 0.721. The second-order valence-electron chi connectivity index (χ2n) is 10.4. The van der Waals surface area contributed by atoms with Crippen molar-refractivity contribution < 1.29 is 49.4 Å². The number of carboxylic acids is 1. The van der Waals surface area contributed by atoms with Crippen molar-refractivity contribution >= 4 is 28.6 Å². The fourth-order valence-electron chi connectivity index (χ4n) is 5.02. The SMILES string of the molecule is CC(Cc1cc(=O)c2c(C)cc(O)c(C3OC(CO)C(O)C(O)C3O)c2o1)=NCCC(=O)NC(Cc1cnc[nH]1)C(=O)O. The van der Waals surface area contributed by atoms with Crippen molar-refractivity contribution in [2.45, 2.75) is 69.7 Å². The quantitative estimate of drug-likeness (QED) is 0.126. The van der Waals surface area contributed by atoms with Gasteiger partial charge in [0.1, 0.15) is 53.7 Å². The number of rotatable bonds is 11. The lowest BCUT2D eigenvalue weighted by Crippen LogP contribution is -2.55. The molecule has 43 heavy (non-hydrogen) atoms. The molecule has 232 valence electrons. The Hall–Kier alpha value is -4.15. The van der Waals surface area contributed by atoms with Gasteiger partial charge in [-0.2, -0.15) is 0 Å². The number of aromatic amines is 1. The van der Waals surface area contributed by atoms with E-state index in [2.05, 4.69) is 20.3 Å². The molecular formula is C28H34N4O11. The van der Waals surface area contributed by atoms with E-state index in [4.69, 9.17) is 9.15 Å². The highest BCUT2D eigenvalue weighted by Gasteiger charge is 2.46. The summed E-state index contributed by atoms with van der Waals surface area (Å²) < 4.78 is 11.6. The number of phenolic OH excluding ortho intramolecular Hbond substituents is 1. The molecule has 2 aromatic heterocycles. The Kier molecular flexibility index (Phi) is 9.93. The Bertz CT molecular complexity index is 1550. The molecule has 6 atom stereocenters. The molecular weight excluding hydrogens is 568 g/mol. The summed E-state index contributed by atoms with van der Waals surface area (Å²) in [5.74, 6) is -1.96. The standard InChI is InChI=1S/C28H34N4O11/c1-12-5-17(34)22(27-25(39)24(38)23(37)19(10-33)43-27)26-21(12)18(35)8-15(42-26)6-13(2)30-4-3-20(36)32-16(28(40)41)7-14-9-29-11-31-14/h5,8-9,11,16,19,23-25,27,33-34,37-39H,3-4,6-7,10H2,1-2H3,(H,29,31)(H,32,36)(H,40,41). The summed E-state index contributed by atoms with van der Waals surface area (Å²) in [7, 11) is 0. The Balaban J connectivity index is 1.52. The van der Waals surface area contributed by atoms with Crippen molar-refractivity contribution in [2.75, 3.05) is 13.2 Å². The molecule has 1 amide bonds. The number of phenols is 1. The normalized spacial score (nSPS) is 23.3. The highest BCUT2D eigenvalue weighted by molar-refractivity contribution is 5.88. The number of aliphatic carboxylic acids is 1. The summed E-state index contributed by atoms with van der Waals surface area (Å²) in [5, 5.41) is 63.5. The van der Waals surface area contributed by atoms with Crippen molar-refractivity contribution in [3.05, 3.63) is 57.5 Å². The van der Waals surface area contributed by atoms with Gasteiger partial charge in [-0.15, -0.1) is 0 Å². The van der Waals surface area contributed by atoms with E-state index in [1.165, 1.54) is 24.7 Å². The van der Waals surface area contributed by atoms with Gasteiger partial charge >= 0.3 is 5.97 Å². The van der Waals surface area contributed by atoms with Crippen LogP contribution in [0.1, 0.15) is 42.0 Å². The number of carbonyl (C=O) groups is 2. The lowest BCUT2D eigenvalue weighted by atomic mass is 9.89. The number of aliphatic imine (C=N–C) groups is 1. The molecule has 3 heterocycles. The number of ether oxygens (including phenoxy) is 1. The highest BCUT2D eigenvalue weighted by Crippen LogP contribution is 2.41. The van der Waals surface area contributed by atoms with Crippen molar-refractivity contribution in [3.8, 4) is 5.75 Å². The number of nitrogens with one attached hydrogen (secondary N) is 2. The monoisotopic (exact) mass is 602 g/mol. The average Bonchev–Trinajstić information content (AvgIpc) is 3.45. The van der Waals surface area contributed by atoms with Gasteiger partial charge in [0.2, 0.25) is 5.91 Å². The van der Waals surface area contributed by atoms with Crippen LogP contribution in [0.4, 0.5) is 0 Å². The van der Waals surface area contributed by atoms with Crippen LogP contribution < -0.4 is 10.7 Å². The van der Waals surface area contributed by atoms with Crippen molar-refractivity contribution in [1.29, 1.82) is 0 Å². The predicted molar refractivity (Wildman–Crippen MR) is 150 cm³/mol. The minimum atomic E-state index is -1.72. The maximum atomic E-state index is 13.1. The van der Waals surface area contributed by atoms with Crippen LogP contribution in [0.2, 0.25) is 0 Å². The van der Waals surface area contributed by atoms with Gasteiger partial charge in [0, 0.05) is 49.5 Å². The maximum absolute atomic E-state index is 13.1. The van der Waals surface area contributed by atoms with Crippen molar-refractivity contribution in [2.24, 2.45) is 4.99 Å². The van der Waals surface area contributed by atoms with E-state index in [0.717, 1.165) is 0 Å². The van der Waals surface area contributed by atoms with Crippen LogP contribution in [0.25, 0.3) is 11.0 Å². The molecule has 0 bridgehead atoms. The largest absolute Gasteiger partial charge is 0.507 e. The number of hydrogen-bond acceptors (Lipinski definition) is 12. The third kappa shape index (κ3) is 7.09. The number of carboxylic acid groups (broad SMARTS) is 1. The fraction of sp³-hybridized carbons (Fsp3) is 0.464. The van der Waals surface area contributed by atoms with E-state index in [-0.39, 0.29) is 48.1 Å². The van der Waals surface area contributed by atoms with E-state index >= 15 is 0 Å². The number of fused-ring (bicyclic) bond motifs is 1. The topological polar surface area (TPSA) is 248 Å². The van der Waals surface area contributed by atoms with Crippen LogP contribution in [0.15, 0.2) is 38.9 Å². The first-order valence-electron chi connectivity index (χ1n) is 13.5. The van der Waals surface area contributed by atoms with Gasteiger partial charge in [-0.1, -0.05) is 0 Å². The van der Waals surface area contributed by atoms with Crippen molar-refractivity contribution in [1.82, 2.24) is 15.3 Å². The van der Waals surface area contributed by atoms with Crippen LogP contribution in [-0.4, -0.2) is 102 Å². The molecule has 1 fully saturated rings. The first-order chi connectivity index (χ1) is 20.4. The number of amides is 1. The van der Waals surface area contributed by atoms with E-state index in [0.29, 0.717) is 17.0 Å². The number of hydrogen-bond donors (Lipinski definition) is 8. The first kappa shape index (κ1) is 31.8. The number of carbonyl (C=O) groups excluding carboxylic acids is 1. The number of aromatic nitrogens is 2. The minimum absolute atomic E-state index is 0.0297. The van der Waals surface area contributed by atoms with Crippen molar-refractivity contribution in [3.63, 3.8) is 0 Å². The molecule has 8 N–H and O–H groups in total. The molecule has 1 aliphatic rings. The lowest BCUT2D eigenvalue weighted by molar-refractivity contribution is -0.231. The third-order valence-electron chi connectivity index (χ3n) is 7.21. The Morgan fingerprint density at radius 2 is 1.93 bits per heavy atom. The average molecular weight is 603 g/mol. The van der Waals surface area contributed by atoms with Gasteiger partial charge in [-0.05, 0) is 25.5 Å². The van der Waals surface area contributed by atoms with Gasteiger partial charge in [-0.3, -0.25) is 14.6 Å². The summed E-state index contributed by atoms with van der Waals surface area (Å²) in [4.78, 5) is 47.9. The highest BCUT2D eigenvalue weighted by atomic mass is 16.5. The summed E-state index contributed by atoms with van der Waals surface area (Å²) in [6.45, 7) is 2.57. The molecule has 6 unspecified atom stereocenters. The van der Waals surface area contributed by atoms with E-state index in [1.54, 1.807) is 13.8 Å². The third-order valence-corrected chi connectivity index (χ3v) is 7.21. The van der Waals surface area contributed by atoms with E-state index < -0.39 is 66.2 Å². The summed E-state index contributed by atoms with van der Waals surface area (Å²) in [6.07, 6.45) is -4.92. The zero-order valence-electron chi connectivity index (χ0n) is 23.4. The van der Waals surface area contributed by atoms with Crippen LogP contribution in [0.5, 0.6) is 5.75 Å². The number of aryl methyl sites for hydroxylation is 1. The Morgan fingerprint density at radius 3 is 2.58 bits per heavy atom. The van der Waals surface area contributed by atoms with E-state index in [1.807, 2.05) is 0 Å². The number of aromatic hydroxyl groups is 1. The van der Waals surface area contributed by atoms with Gasteiger partial charge < -0.3 is 50.1 Å². The number of imidazole rings is 1. The minimum Gasteiger partial charge on any atom is -0.507 e. The molecule has 1 aromatic carbocycles. The maximum Gasteiger partial charge on any atom is 0.326 e. The summed E-state index contributed by atoms with van der Waals surface area (Å²) >= 11 is 0. The molecule has 0 radical (unpaired) electrons. The zero-order chi connectivity index (χ0) is 31.4. The Labute approximate surface area is 244 Å². The number of aliphatic hydroxyl groups is 4. The lowest BCUT2D eigenvalue weighted by Gasteiger charge is -2.40. The second-order valence-corrected chi connectivity index (χ2v) is 10.4. The fourth-order valence-corrected chi connectivity index (χ4v) is 5.02. The molecule has 0 saturated carbocycles. The molecule has 1 saturated heterocycles. The summed E-state index contributed by atoms with van der Waals surface area (Å²) in [6, 6.07) is 1.39. The molecule has 0 spiro atoms.